The van der Waals surface area contributed by atoms with E-state index in [2.05, 4.69) is 31.9 Å². The van der Waals surface area contributed by atoms with Crippen molar-refractivity contribution in [2.24, 2.45) is 0 Å². The van der Waals surface area contributed by atoms with Crippen LogP contribution < -0.4 is 0 Å². The molecule has 0 unspecified atom stereocenters. The highest BCUT2D eigenvalue weighted by molar-refractivity contribution is 9.10. The van der Waals surface area contributed by atoms with Gasteiger partial charge in [0.15, 0.2) is 5.78 Å². The van der Waals surface area contributed by atoms with Crippen molar-refractivity contribution in [2.45, 2.75) is 6.92 Å². The Morgan fingerprint density at radius 3 is 2.12 bits per heavy atom. The summed E-state index contributed by atoms with van der Waals surface area (Å²) >= 11 is 6.78. The van der Waals surface area contributed by atoms with Gasteiger partial charge in [-0.1, -0.05) is 31.9 Å². The molecule has 0 fully saturated rings. The molecule has 0 N–H and O–H groups in total. The maximum Gasteiger partial charge on any atom is 0.193 e. The second-order valence-corrected chi connectivity index (χ2v) is 5.57. The summed E-state index contributed by atoms with van der Waals surface area (Å²) in [4.78, 5) is 12.2. The highest BCUT2D eigenvalue weighted by Crippen LogP contribution is 2.20. The van der Waals surface area contributed by atoms with Gasteiger partial charge in [0, 0.05) is 20.1 Å². The Morgan fingerprint density at radius 2 is 1.53 bits per heavy atom. The minimum Gasteiger partial charge on any atom is -0.289 e. The predicted molar refractivity (Wildman–Crippen MR) is 76.5 cm³/mol. The van der Waals surface area contributed by atoms with Crippen molar-refractivity contribution >= 4 is 37.6 Å². The largest absolute Gasteiger partial charge is 0.289 e. The van der Waals surface area contributed by atoms with Crippen molar-refractivity contribution < 1.29 is 4.79 Å². The summed E-state index contributed by atoms with van der Waals surface area (Å²) in [5, 5.41) is 0. The number of benzene rings is 2. The van der Waals surface area contributed by atoms with E-state index in [1.807, 2.05) is 49.4 Å². The van der Waals surface area contributed by atoms with Crippen LogP contribution in [0.5, 0.6) is 0 Å². The van der Waals surface area contributed by atoms with Gasteiger partial charge < -0.3 is 0 Å². The Kier molecular flexibility index (Phi) is 3.79. The number of rotatable bonds is 2. The third-order valence-corrected chi connectivity index (χ3v) is 3.94. The summed E-state index contributed by atoms with van der Waals surface area (Å²) in [7, 11) is 0. The molecule has 0 atom stereocenters. The first-order chi connectivity index (χ1) is 8.08. The summed E-state index contributed by atoms with van der Waals surface area (Å²) in [6.45, 7) is 1.97. The smallest absolute Gasteiger partial charge is 0.193 e. The van der Waals surface area contributed by atoms with E-state index < -0.39 is 0 Å². The molecule has 0 aliphatic rings. The van der Waals surface area contributed by atoms with E-state index in [4.69, 9.17) is 0 Å². The van der Waals surface area contributed by atoms with Gasteiger partial charge in [-0.15, -0.1) is 0 Å². The monoisotopic (exact) mass is 352 g/mol. The van der Waals surface area contributed by atoms with Crippen LogP contribution in [0.15, 0.2) is 51.4 Å². The van der Waals surface area contributed by atoms with Crippen LogP contribution in [0.1, 0.15) is 21.5 Å². The fourth-order valence-electron chi connectivity index (χ4n) is 1.55. The topological polar surface area (TPSA) is 17.1 Å². The van der Waals surface area contributed by atoms with E-state index in [1.54, 1.807) is 0 Å². The molecule has 0 saturated carbocycles. The van der Waals surface area contributed by atoms with Gasteiger partial charge in [-0.25, -0.2) is 0 Å². The minimum absolute atomic E-state index is 0.0492. The molecule has 86 valence electrons. The lowest BCUT2D eigenvalue weighted by atomic mass is 10.0. The normalized spacial score (nSPS) is 10.3. The number of halogens is 2. The number of carbonyl (C=O) groups excluding carboxylic acids is 1. The minimum atomic E-state index is 0.0492. The quantitative estimate of drug-likeness (QED) is 0.712. The van der Waals surface area contributed by atoms with E-state index in [0.29, 0.717) is 11.1 Å². The molecular weight excluding hydrogens is 344 g/mol. The van der Waals surface area contributed by atoms with E-state index >= 15 is 0 Å². The van der Waals surface area contributed by atoms with Crippen LogP contribution in [0, 0.1) is 6.92 Å². The lowest BCUT2D eigenvalue weighted by Gasteiger charge is -2.04. The van der Waals surface area contributed by atoms with Crippen LogP contribution in [0.2, 0.25) is 0 Å². The standard InChI is InChI=1S/C14H10Br2O/c1-9-8-11(4-7-13(9)16)14(17)10-2-5-12(15)6-3-10/h2-8H,1H3. The first kappa shape index (κ1) is 12.5. The lowest BCUT2D eigenvalue weighted by Crippen LogP contribution is -2.01. The molecule has 1 nitrogen and oxygen atoms in total. The van der Waals surface area contributed by atoms with Crippen molar-refractivity contribution in [1.29, 1.82) is 0 Å². The Morgan fingerprint density at radius 1 is 0.941 bits per heavy atom. The maximum absolute atomic E-state index is 12.2. The summed E-state index contributed by atoms with van der Waals surface area (Å²) in [6.07, 6.45) is 0. The van der Waals surface area contributed by atoms with E-state index in [-0.39, 0.29) is 5.78 Å². The third kappa shape index (κ3) is 2.85. The Labute approximate surface area is 117 Å². The SMILES string of the molecule is Cc1cc(C(=O)c2ccc(Br)cc2)ccc1Br. The molecule has 0 amide bonds. The molecule has 2 aromatic carbocycles. The molecule has 0 spiro atoms. The Balaban J connectivity index is 2.37. The van der Waals surface area contributed by atoms with E-state index in [0.717, 1.165) is 14.5 Å². The zero-order valence-corrected chi connectivity index (χ0v) is 12.4. The number of carbonyl (C=O) groups is 1. The summed E-state index contributed by atoms with van der Waals surface area (Å²) in [5.74, 6) is 0.0492. The maximum atomic E-state index is 12.2. The fraction of sp³-hybridized carbons (Fsp3) is 0.0714. The first-order valence-corrected chi connectivity index (χ1v) is 6.73. The van der Waals surface area contributed by atoms with Crippen LogP contribution in [0.3, 0.4) is 0 Å². The van der Waals surface area contributed by atoms with Crippen LogP contribution >= 0.6 is 31.9 Å². The molecule has 2 aromatic rings. The fourth-order valence-corrected chi connectivity index (χ4v) is 2.06. The van der Waals surface area contributed by atoms with Gasteiger partial charge >= 0.3 is 0 Å². The molecule has 17 heavy (non-hydrogen) atoms. The van der Waals surface area contributed by atoms with Crippen LogP contribution in [-0.4, -0.2) is 5.78 Å². The summed E-state index contributed by atoms with van der Waals surface area (Å²) in [5.41, 5.74) is 2.48. The predicted octanol–water partition coefficient (Wildman–Crippen LogP) is 4.75. The van der Waals surface area contributed by atoms with E-state index in [1.165, 1.54) is 0 Å². The first-order valence-electron chi connectivity index (χ1n) is 5.14. The van der Waals surface area contributed by atoms with Gasteiger partial charge in [0.2, 0.25) is 0 Å². The second kappa shape index (κ2) is 5.15. The van der Waals surface area contributed by atoms with Crippen molar-refractivity contribution in [1.82, 2.24) is 0 Å². The number of hydrogen-bond donors (Lipinski definition) is 0. The third-order valence-electron chi connectivity index (χ3n) is 2.53. The highest BCUT2D eigenvalue weighted by Gasteiger charge is 2.09. The molecule has 0 saturated heterocycles. The van der Waals surface area contributed by atoms with E-state index in [9.17, 15) is 4.79 Å². The van der Waals surface area contributed by atoms with Crippen molar-refractivity contribution in [3.8, 4) is 0 Å². The Bertz CT molecular complexity index is 559. The number of ketones is 1. The molecule has 0 heterocycles. The molecular formula is C14H10Br2O. The molecule has 0 aromatic heterocycles. The molecule has 0 aliphatic carbocycles. The highest BCUT2D eigenvalue weighted by atomic mass is 79.9. The van der Waals surface area contributed by atoms with Crippen molar-refractivity contribution in [3.63, 3.8) is 0 Å². The van der Waals surface area contributed by atoms with Gasteiger partial charge in [-0.05, 0) is 55.0 Å². The molecule has 0 aliphatic heterocycles. The molecule has 0 radical (unpaired) electrons. The Hall–Kier alpha value is -0.930. The average molecular weight is 354 g/mol. The van der Waals surface area contributed by atoms with Crippen LogP contribution in [0.25, 0.3) is 0 Å². The van der Waals surface area contributed by atoms with Gasteiger partial charge in [0.05, 0.1) is 0 Å². The second-order valence-electron chi connectivity index (χ2n) is 3.80. The summed E-state index contributed by atoms with van der Waals surface area (Å²) < 4.78 is 1.99. The molecule has 3 heteroatoms. The van der Waals surface area contributed by atoms with Crippen molar-refractivity contribution in [3.05, 3.63) is 68.1 Å². The average Bonchev–Trinajstić information content (AvgIpc) is 2.33. The molecule has 2 rings (SSSR count). The number of aryl methyl sites for hydroxylation is 1. The van der Waals surface area contributed by atoms with Gasteiger partial charge in [-0.3, -0.25) is 4.79 Å². The summed E-state index contributed by atoms with van der Waals surface area (Å²) in [6, 6.07) is 13.0. The van der Waals surface area contributed by atoms with Crippen LogP contribution in [-0.2, 0) is 0 Å². The van der Waals surface area contributed by atoms with Crippen LogP contribution in [0.4, 0.5) is 0 Å². The number of hydrogen-bond acceptors (Lipinski definition) is 1. The zero-order valence-electron chi connectivity index (χ0n) is 9.21. The van der Waals surface area contributed by atoms with Gasteiger partial charge in [0.1, 0.15) is 0 Å². The van der Waals surface area contributed by atoms with Gasteiger partial charge in [-0.2, -0.15) is 0 Å². The van der Waals surface area contributed by atoms with Crippen molar-refractivity contribution in [2.75, 3.05) is 0 Å². The zero-order chi connectivity index (χ0) is 12.4. The van der Waals surface area contributed by atoms with Gasteiger partial charge in [0.25, 0.3) is 0 Å². The molecule has 0 bridgehead atoms. The lowest BCUT2D eigenvalue weighted by molar-refractivity contribution is 0.103.